The average Bonchev–Trinajstić information content (AvgIpc) is 3.15. The summed E-state index contributed by atoms with van der Waals surface area (Å²) in [4.78, 5) is 43.7. The first-order chi connectivity index (χ1) is 15.8. The fourth-order valence-electron chi connectivity index (χ4n) is 6.03. The van der Waals surface area contributed by atoms with Crippen LogP contribution in [0.1, 0.15) is 48.1 Å². The number of hydrogen-bond donors (Lipinski definition) is 2. The quantitative estimate of drug-likeness (QED) is 0.640. The molecule has 1 saturated carbocycles. The van der Waals surface area contributed by atoms with Gasteiger partial charge >= 0.3 is 0 Å². The minimum Gasteiger partial charge on any atom is -0.355 e. The molecular weight excluding hydrogens is 420 g/mol. The molecule has 3 heterocycles. The highest BCUT2D eigenvalue weighted by molar-refractivity contribution is 5.94. The Kier molecular flexibility index (Phi) is 5.38. The minimum atomic E-state index is -0.726. The van der Waals surface area contributed by atoms with E-state index in [0.29, 0.717) is 24.6 Å². The van der Waals surface area contributed by atoms with Crippen LogP contribution in [0.25, 0.3) is 0 Å². The van der Waals surface area contributed by atoms with Gasteiger partial charge < -0.3 is 20.9 Å². The normalized spacial score (nSPS) is 31.8. The lowest BCUT2D eigenvalue weighted by atomic mass is 10.0. The summed E-state index contributed by atoms with van der Waals surface area (Å²) in [6.07, 6.45) is 2.46. The van der Waals surface area contributed by atoms with E-state index in [1.54, 1.807) is 24.1 Å². The summed E-state index contributed by atoms with van der Waals surface area (Å²) < 4.78 is 0. The summed E-state index contributed by atoms with van der Waals surface area (Å²) in [6, 6.07) is 8.38. The second-order valence-corrected chi connectivity index (χ2v) is 9.78. The van der Waals surface area contributed by atoms with Crippen molar-refractivity contribution in [1.82, 2.24) is 20.0 Å². The summed E-state index contributed by atoms with van der Waals surface area (Å²) >= 11 is 0. The predicted octanol–water partition coefficient (Wildman–Crippen LogP) is 0.233. The lowest BCUT2D eigenvalue weighted by Gasteiger charge is -2.38. The van der Waals surface area contributed by atoms with E-state index in [0.717, 1.165) is 24.8 Å². The van der Waals surface area contributed by atoms with Crippen molar-refractivity contribution in [3.05, 3.63) is 35.4 Å². The second-order valence-electron chi connectivity index (χ2n) is 9.78. The number of nitriles is 1. The first-order valence-electron chi connectivity index (χ1n) is 11.7. The first-order valence-corrected chi connectivity index (χ1v) is 11.7. The van der Waals surface area contributed by atoms with Crippen LogP contribution < -0.4 is 11.1 Å². The number of hydrogen-bond acceptors (Lipinski definition) is 6. The number of nitrogens with one attached hydrogen (secondary N) is 1. The number of fused-ring (bicyclic) bond motifs is 3. The van der Waals surface area contributed by atoms with Gasteiger partial charge in [-0.25, -0.2) is 0 Å². The Morgan fingerprint density at radius 2 is 1.97 bits per heavy atom. The molecule has 0 radical (unpaired) electrons. The maximum Gasteiger partial charge on any atom is 0.251 e. The lowest BCUT2D eigenvalue weighted by molar-refractivity contribution is -0.141. The zero-order valence-corrected chi connectivity index (χ0v) is 19.0. The number of carbonyl (C=O) groups excluding carboxylic acids is 3. The molecule has 5 rings (SSSR count). The fraction of sp³-hybridized carbons (Fsp3) is 0.583. The highest BCUT2D eigenvalue weighted by Gasteiger charge is 2.56. The third-order valence-corrected chi connectivity index (χ3v) is 7.87. The minimum absolute atomic E-state index is 0.0621. The molecule has 4 aliphatic rings. The van der Waals surface area contributed by atoms with Crippen molar-refractivity contribution in [2.45, 2.75) is 62.4 Å². The van der Waals surface area contributed by atoms with Crippen molar-refractivity contribution in [2.24, 2.45) is 11.7 Å². The Hall–Kier alpha value is -2.96. The van der Waals surface area contributed by atoms with Gasteiger partial charge in [-0.3, -0.25) is 19.3 Å². The number of piperazine rings is 1. The van der Waals surface area contributed by atoms with Gasteiger partial charge in [0.1, 0.15) is 6.04 Å². The monoisotopic (exact) mass is 450 g/mol. The van der Waals surface area contributed by atoms with Crippen LogP contribution in [0.3, 0.4) is 0 Å². The lowest BCUT2D eigenvalue weighted by Crippen LogP contribution is -2.57. The van der Waals surface area contributed by atoms with Crippen LogP contribution in [0.4, 0.5) is 0 Å². The van der Waals surface area contributed by atoms with Gasteiger partial charge in [0, 0.05) is 37.8 Å². The fourth-order valence-corrected chi connectivity index (χ4v) is 6.03. The molecule has 9 heteroatoms. The Bertz CT molecular complexity index is 1020. The van der Waals surface area contributed by atoms with E-state index in [4.69, 9.17) is 5.73 Å². The van der Waals surface area contributed by atoms with Crippen molar-refractivity contribution >= 4 is 17.7 Å². The SMILES string of the molecule is CNC(=O)c1ccc(C(C)N2C(=O)[C@@H]3CC2CN3CC(N)C(=O)N2C(C#N)C[C@@H]3C[C@@H]32)cc1. The molecule has 3 N–H and O–H groups in total. The first kappa shape index (κ1) is 21.9. The maximum atomic E-state index is 13.2. The predicted molar refractivity (Wildman–Crippen MR) is 120 cm³/mol. The van der Waals surface area contributed by atoms with Crippen molar-refractivity contribution in [3.8, 4) is 6.07 Å². The molecule has 0 spiro atoms. The Labute approximate surface area is 193 Å². The average molecular weight is 451 g/mol. The van der Waals surface area contributed by atoms with Crippen LogP contribution in [0, 0.1) is 17.2 Å². The molecular formula is C24H30N6O3. The van der Waals surface area contributed by atoms with E-state index in [-0.39, 0.29) is 47.9 Å². The van der Waals surface area contributed by atoms with E-state index >= 15 is 0 Å². The highest BCUT2D eigenvalue weighted by atomic mass is 16.2. The molecule has 3 aliphatic heterocycles. The molecule has 4 unspecified atom stereocenters. The van der Waals surface area contributed by atoms with Crippen molar-refractivity contribution in [1.29, 1.82) is 5.26 Å². The summed E-state index contributed by atoms with van der Waals surface area (Å²) in [5.41, 5.74) is 7.86. The van der Waals surface area contributed by atoms with Crippen LogP contribution in [0.2, 0.25) is 0 Å². The maximum absolute atomic E-state index is 13.2. The zero-order chi connectivity index (χ0) is 23.4. The third-order valence-electron chi connectivity index (χ3n) is 7.87. The number of nitrogens with zero attached hydrogens (tertiary/aromatic N) is 4. The van der Waals surface area contributed by atoms with E-state index in [1.807, 2.05) is 28.9 Å². The number of nitrogens with two attached hydrogens (primary N) is 1. The van der Waals surface area contributed by atoms with Gasteiger partial charge in [-0.15, -0.1) is 0 Å². The number of likely N-dealkylation sites (tertiary alicyclic amines) is 3. The van der Waals surface area contributed by atoms with E-state index in [9.17, 15) is 19.6 Å². The third kappa shape index (κ3) is 3.58. The number of amides is 3. The Balaban J connectivity index is 1.21. The van der Waals surface area contributed by atoms with Gasteiger partial charge in [-0.1, -0.05) is 12.1 Å². The smallest absolute Gasteiger partial charge is 0.251 e. The van der Waals surface area contributed by atoms with Crippen LogP contribution in [0.5, 0.6) is 0 Å². The second kappa shape index (κ2) is 8.12. The number of benzene rings is 1. The van der Waals surface area contributed by atoms with Crippen molar-refractivity contribution in [3.63, 3.8) is 0 Å². The van der Waals surface area contributed by atoms with Crippen molar-refractivity contribution in [2.75, 3.05) is 20.1 Å². The van der Waals surface area contributed by atoms with Gasteiger partial charge in [0.05, 0.1) is 24.2 Å². The van der Waals surface area contributed by atoms with E-state index in [2.05, 4.69) is 11.4 Å². The molecule has 33 heavy (non-hydrogen) atoms. The highest BCUT2D eigenvalue weighted by Crippen LogP contribution is 2.48. The van der Waals surface area contributed by atoms with Crippen LogP contribution >= 0.6 is 0 Å². The molecule has 2 bridgehead atoms. The Morgan fingerprint density at radius 3 is 2.61 bits per heavy atom. The van der Waals surface area contributed by atoms with Crippen LogP contribution in [-0.4, -0.2) is 82.8 Å². The van der Waals surface area contributed by atoms with Crippen molar-refractivity contribution < 1.29 is 14.4 Å². The largest absolute Gasteiger partial charge is 0.355 e. The molecule has 1 aliphatic carbocycles. The van der Waals surface area contributed by atoms with Gasteiger partial charge in [-0.05, 0) is 49.8 Å². The molecule has 174 valence electrons. The molecule has 0 aromatic heterocycles. The summed E-state index contributed by atoms with van der Waals surface area (Å²) in [6.45, 7) is 3.03. The van der Waals surface area contributed by atoms with E-state index < -0.39 is 6.04 Å². The van der Waals surface area contributed by atoms with Crippen LogP contribution in [-0.2, 0) is 9.59 Å². The summed E-state index contributed by atoms with van der Waals surface area (Å²) in [5.74, 6) is 0.213. The molecule has 4 fully saturated rings. The topological polar surface area (TPSA) is 123 Å². The number of rotatable bonds is 6. The molecule has 9 nitrogen and oxygen atoms in total. The molecule has 1 aromatic carbocycles. The van der Waals surface area contributed by atoms with Gasteiger partial charge in [-0.2, -0.15) is 5.26 Å². The standard InChI is InChI=1S/C24H30N6O3/c1-13(14-3-5-15(6-4-14)22(31)27-2)29-18-9-21(24(29)33)28(11-18)12-19(26)23(32)30-17(10-25)7-16-8-20(16)30/h3-6,13,16-21H,7-9,11-12,26H2,1-2H3,(H,27,31)/t13?,16-,17?,18?,19?,20+,21+/m1/s1. The molecule has 3 saturated heterocycles. The summed E-state index contributed by atoms with van der Waals surface area (Å²) in [5, 5.41) is 12.0. The zero-order valence-electron chi connectivity index (χ0n) is 19.0. The number of carbonyl (C=O) groups is 3. The number of piperidine rings is 1. The molecule has 1 aromatic rings. The molecule has 3 amide bonds. The molecule has 7 atom stereocenters. The summed E-state index contributed by atoms with van der Waals surface area (Å²) in [7, 11) is 1.60. The van der Waals surface area contributed by atoms with E-state index in [1.165, 1.54) is 0 Å². The van der Waals surface area contributed by atoms with Gasteiger partial charge in [0.25, 0.3) is 5.91 Å². The van der Waals surface area contributed by atoms with Gasteiger partial charge in [0.15, 0.2) is 0 Å². The Morgan fingerprint density at radius 1 is 1.24 bits per heavy atom. The van der Waals surface area contributed by atoms with Crippen LogP contribution in [0.15, 0.2) is 24.3 Å². The van der Waals surface area contributed by atoms with Gasteiger partial charge in [0.2, 0.25) is 11.8 Å².